The summed E-state index contributed by atoms with van der Waals surface area (Å²) in [7, 11) is 0. The second-order valence-corrected chi connectivity index (χ2v) is 5.05. The van der Waals surface area contributed by atoms with Gasteiger partial charge in [0, 0.05) is 19.5 Å². The third-order valence-electron chi connectivity index (χ3n) is 3.52. The molecule has 1 N–H and O–H groups in total. The Morgan fingerprint density at radius 2 is 2.25 bits per heavy atom. The lowest BCUT2D eigenvalue weighted by Crippen LogP contribution is -2.40. The molecule has 2 heterocycles. The van der Waals surface area contributed by atoms with Crippen LogP contribution in [0.3, 0.4) is 0 Å². The van der Waals surface area contributed by atoms with E-state index in [0.29, 0.717) is 19.5 Å². The molecule has 2 rings (SSSR count). The normalized spacial score (nSPS) is 18.9. The van der Waals surface area contributed by atoms with Crippen molar-refractivity contribution in [1.82, 2.24) is 9.88 Å². The molecule has 108 valence electrons. The van der Waals surface area contributed by atoms with Gasteiger partial charge in [-0.25, -0.2) is 9.37 Å². The maximum atomic E-state index is 12.8. The zero-order chi connectivity index (χ0) is 14.5. The van der Waals surface area contributed by atoms with E-state index in [2.05, 4.69) is 4.98 Å². The van der Waals surface area contributed by atoms with Crippen LogP contribution in [-0.4, -0.2) is 40.0 Å². The summed E-state index contributed by atoms with van der Waals surface area (Å²) in [5, 5.41) is 8.70. The first-order chi connectivity index (χ1) is 9.56. The third-order valence-corrected chi connectivity index (χ3v) is 3.52. The SMILES string of the molecule is O=C(O)CCC1CCCN(C(=O)c2ccc(F)cn2)C1. The van der Waals surface area contributed by atoms with Gasteiger partial charge >= 0.3 is 5.97 Å². The molecule has 5 nitrogen and oxygen atoms in total. The first-order valence-corrected chi connectivity index (χ1v) is 6.69. The zero-order valence-corrected chi connectivity index (χ0v) is 11.1. The summed E-state index contributed by atoms with van der Waals surface area (Å²) in [4.78, 5) is 28.3. The second kappa shape index (κ2) is 6.45. The van der Waals surface area contributed by atoms with Gasteiger partial charge in [-0.15, -0.1) is 0 Å². The van der Waals surface area contributed by atoms with Crippen molar-refractivity contribution in [3.63, 3.8) is 0 Å². The number of halogens is 1. The monoisotopic (exact) mass is 280 g/mol. The molecule has 1 atom stereocenters. The van der Waals surface area contributed by atoms with E-state index in [1.165, 1.54) is 12.1 Å². The number of carbonyl (C=O) groups excluding carboxylic acids is 1. The molecule has 0 saturated carbocycles. The maximum absolute atomic E-state index is 12.8. The minimum absolute atomic E-state index is 0.126. The number of amides is 1. The van der Waals surface area contributed by atoms with Crippen LogP contribution in [-0.2, 0) is 4.79 Å². The van der Waals surface area contributed by atoms with E-state index in [1.54, 1.807) is 4.90 Å². The fraction of sp³-hybridized carbons (Fsp3) is 0.500. The van der Waals surface area contributed by atoms with E-state index >= 15 is 0 Å². The fourth-order valence-corrected chi connectivity index (χ4v) is 2.48. The average molecular weight is 280 g/mol. The van der Waals surface area contributed by atoms with Crippen molar-refractivity contribution >= 4 is 11.9 Å². The molecule has 6 heteroatoms. The molecule has 0 bridgehead atoms. The number of hydrogen-bond acceptors (Lipinski definition) is 3. The number of hydrogen-bond donors (Lipinski definition) is 1. The number of carbonyl (C=O) groups is 2. The highest BCUT2D eigenvalue weighted by Crippen LogP contribution is 2.22. The maximum Gasteiger partial charge on any atom is 0.303 e. The number of aromatic nitrogens is 1. The minimum Gasteiger partial charge on any atom is -0.481 e. The number of nitrogens with zero attached hydrogens (tertiary/aromatic N) is 2. The van der Waals surface area contributed by atoms with Crippen molar-refractivity contribution in [3.05, 3.63) is 29.8 Å². The predicted molar refractivity (Wildman–Crippen MR) is 69.7 cm³/mol. The van der Waals surface area contributed by atoms with Gasteiger partial charge in [-0.2, -0.15) is 0 Å². The summed E-state index contributed by atoms with van der Waals surface area (Å²) in [5.74, 6) is -1.29. The third kappa shape index (κ3) is 3.76. The lowest BCUT2D eigenvalue weighted by molar-refractivity contribution is -0.137. The Morgan fingerprint density at radius 3 is 2.90 bits per heavy atom. The molecule has 1 unspecified atom stereocenters. The van der Waals surface area contributed by atoms with Crippen molar-refractivity contribution in [2.24, 2.45) is 5.92 Å². The van der Waals surface area contributed by atoms with Gasteiger partial charge in [0.25, 0.3) is 5.91 Å². The molecular weight excluding hydrogens is 263 g/mol. The molecule has 1 aliphatic rings. The Bertz CT molecular complexity index is 490. The standard InChI is InChI=1S/C14H17FN2O3/c15-11-4-5-12(16-8-11)14(20)17-7-1-2-10(9-17)3-6-13(18)19/h4-5,8,10H,1-3,6-7,9H2,(H,18,19). The van der Waals surface area contributed by atoms with Crippen molar-refractivity contribution < 1.29 is 19.1 Å². The Hall–Kier alpha value is -1.98. The first-order valence-electron chi connectivity index (χ1n) is 6.69. The van der Waals surface area contributed by atoms with Crippen LogP contribution < -0.4 is 0 Å². The number of piperidine rings is 1. The Labute approximate surface area is 116 Å². The lowest BCUT2D eigenvalue weighted by Gasteiger charge is -2.32. The van der Waals surface area contributed by atoms with Gasteiger partial charge in [-0.3, -0.25) is 9.59 Å². The van der Waals surface area contributed by atoms with Crippen LogP contribution in [0.15, 0.2) is 18.3 Å². The highest BCUT2D eigenvalue weighted by Gasteiger charge is 2.25. The summed E-state index contributed by atoms with van der Waals surface area (Å²) >= 11 is 0. The Kier molecular flexibility index (Phi) is 4.65. The van der Waals surface area contributed by atoms with Gasteiger partial charge in [-0.1, -0.05) is 0 Å². The molecule has 1 amide bonds. The topological polar surface area (TPSA) is 70.5 Å². The van der Waals surface area contributed by atoms with Crippen LogP contribution in [0.4, 0.5) is 4.39 Å². The highest BCUT2D eigenvalue weighted by atomic mass is 19.1. The van der Waals surface area contributed by atoms with Gasteiger partial charge < -0.3 is 10.0 Å². The number of carboxylic acids is 1. The largest absolute Gasteiger partial charge is 0.481 e. The van der Waals surface area contributed by atoms with Crippen LogP contribution in [0.2, 0.25) is 0 Å². The van der Waals surface area contributed by atoms with Gasteiger partial charge in [0.1, 0.15) is 11.5 Å². The first kappa shape index (κ1) is 14.4. The van der Waals surface area contributed by atoms with Crippen molar-refractivity contribution in [2.75, 3.05) is 13.1 Å². The van der Waals surface area contributed by atoms with E-state index in [0.717, 1.165) is 19.0 Å². The van der Waals surface area contributed by atoms with Crippen LogP contribution in [0.5, 0.6) is 0 Å². The molecule has 0 aliphatic carbocycles. The van der Waals surface area contributed by atoms with E-state index in [-0.39, 0.29) is 23.9 Å². The Morgan fingerprint density at radius 1 is 1.45 bits per heavy atom. The van der Waals surface area contributed by atoms with Crippen LogP contribution >= 0.6 is 0 Å². The lowest BCUT2D eigenvalue weighted by atomic mass is 9.93. The van der Waals surface area contributed by atoms with Crippen molar-refractivity contribution in [2.45, 2.75) is 25.7 Å². The van der Waals surface area contributed by atoms with E-state index < -0.39 is 11.8 Å². The summed E-state index contributed by atoms with van der Waals surface area (Å²) in [5.41, 5.74) is 0.227. The zero-order valence-electron chi connectivity index (χ0n) is 11.1. The molecule has 0 spiro atoms. The van der Waals surface area contributed by atoms with Crippen molar-refractivity contribution in [1.29, 1.82) is 0 Å². The summed E-state index contributed by atoms with van der Waals surface area (Å²) < 4.78 is 12.8. The van der Waals surface area contributed by atoms with Gasteiger partial charge in [0.15, 0.2) is 0 Å². The minimum atomic E-state index is -0.811. The molecule has 1 saturated heterocycles. The van der Waals surface area contributed by atoms with Gasteiger partial charge in [-0.05, 0) is 37.3 Å². The molecule has 1 aromatic rings. The summed E-state index contributed by atoms with van der Waals surface area (Å²) in [6, 6.07) is 2.59. The fourth-order valence-electron chi connectivity index (χ4n) is 2.48. The number of likely N-dealkylation sites (tertiary alicyclic amines) is 1. The van der Waals surface area contributed by atoms with E-state index in [1.807, 2.05) is 0 Å². The van der Waals surface area contributed by atoms with Crippen LogP contribution in [0.1, 0.15) is 36.2 Å². The van der Waals surface area contributed by atoms with Gasteiger partial charge in [0.2, 0.25) is 0 Å². The highest BCUT2D eigenvalue weighted by molar-refractivity contribution is 5.92. The number of pyridine rings is 1. The molecule has 1 aromatic heterocycles. The number of rotatable bonds is 4. The summed E-state index contributed by atoms with van der Waals surface area (Å²) in [6.45, 7) is 1.19. The molecule has 0 aromatic carbocycles. The number of carboxylic acid groups (broad SMARTS) is 1. The number of aliphatic carboxylic acids is 1. The Balaban J connectivity index is 1.96. The quantitative estimate of drug-likeness (QED) is 0.915. The predicted octanol–water partition coefficient (Wildman–Crippen LogP) is 1.94. The molecule has 0 radical (unpaired) electrons. The molecule has 1 aliphatic heterocycles. The van der Waals surface area contributed by atoms with Gasteiger partial charge in [0.05, 0.1) is 6.20 Å². The summed E-state index contributed by atoms with van der Waals surface area (Å²) in [6.07, 6.45) is 3.53. The van der Waals surface area contributed by atoms with Crippen LogP contribution in [0, 0.1) is 11.7 Å². The average Bonchev–Trinajstić information content (AvgIpc) is 2.45. The second-order valence-electron chi connectivity index (χ2n) is 5.05. The smallest absolute Gasteiger partial charge is 0.303 e. The van der Waals surface area contributed by atoms with Crippen LogP contribution in [0.25, 0.3) is 0 Å². The van der Waals surface area contributed by atoms with E-state index in [9.17, 15) is 14.0 Å². The molecule has 1 fully saturated rings. The molecular formula is C14H17FN2O3. The van der Waals surface area contributed by atoms with Crippen molar-refractivity contribution in [3.8, 4) is 0 Å². The van der Waals surface area contributed by atoms with E-state index in [4.69, 9.17) is 5.11 Å². The molecule has 20 heavy (non-hydrogen) atoms.